The van der Waals surface area contributed by atoms with E-state index in [0.29, 0.717) is 0 Å². The third-order valence-corrected chi connectivity index (χ3v) is 2.71. The molecule has 15 heavy (non-hydrogen) atoms. The minimum Gasteiger partial charge on any atom is -0.237 e. The van der Waals surface area contributed by atoms with Crippen molar-refractivity contribution in [2.24, 2.45) is 7.05 Å². The van der Waals surface area contributed by atoms with Crippen LogP contribution in [0.2, 0.25) is 0 Å². The van der Waals surface area contributed by atoms with Crippen LogP contribution in [-0.2, 0) is 13.5 Å². The summed E-state index contributed by atoms with van der Waals surface area (Å²) in [6, 6.07) is 0. The molecular weight excluding hydrogens is 184 g/mol. The predicted molar refractivity (Wildman–Crippen MR) is 64.5 cm³/mol. The van der Waals surface area contributed by atoms with Gasteiger partial charge < -0.3 is 0 Å². The summed E-state index contributed by atoms with van der Waals surface area (Å²) in [5, 5.41) is 0. The van der Waals surface area contributed by atoms with Gasteiger partial charge in [-0.15, -0.1) is 0 Å². The van der Waals surface area contributed by atoms with Crippen LogP contribution in [0.5, 0.6) is 0 Å². The number of nitrogens with zero attached hydrogens (tertiary/aromatic N) is 2. The molecule has 1 heterocycles. The minimum absolute atomic E-state index is 1.07. The van der Waals surface area contributed by atoms with Crippen LogP contribution < -0.4 is 4.57 Å². The van der Waals surface area contributed by atoms with Gasteiger partial charge in [0.05, 0.1) is 13.2 Å². The molecule has 1 rings (SSSR count). The summed E-state index contributed by atoms with van der Waals surface area (Å²) in [5.41, 5.74) is 0. The molecule has 0 radical (unpaired) electrons. The van der Waals surface area contributed by atoms with E-state index in [9.17, 15) is 0 Å². The highest BCUT2D eigenvalue weighted by Crippen LogP contribution is 2.02. The first-order valence-corrected chi connectivity index (χ1v) is 6.01. The molecule has 0 saturated heterocycles. The molecule has 0 spiro atoms. The Bertz CT molecular complexity index is 310. The Kier molecular flexibility index (Phi) is 5.16. The zero-order valence-electron chi connectivity index (χ0n) is 10.2. The van der Waals surface area contributed by atoms with E-state index in [1.807, 2.05) is 0 Å². The molecule has 2 nitrogen and oxygen atoms in total. The van der Waals surface area contributed by atoms with Gasteiger partial charge in [0, 0.05) is 6.42 Å². The summed E-state index contributed by atoms with van der Waals surface area (Å²) >= 11 is 0. The highest BCUT2D eigenvalue weighted by molar-refractivity contribution is 5.22. The van der Waals surface area contributed by atoms with Crippen LogP contribution in [-0.4, -0.2) is 4.57 Å². The summed E-state index contributed by atoms with van der Waals surface area (Å²) in [7, 11) is 2.10. The second-order valence-electron chi connectivity index (χ2n) is 3.97. The van der Waals surface area contributed by atoms with E-state index in [0.717, 1.165) is 6.42 Å². The van der Waals surface area contributed by atoms with Crippen LogP contribution in [0.15, 0.2) is 18.5 Å². The molecule has 1 aromatic heterocycles. The maximum Gasteiger partial charge on any atom is 0.260 e. The minimum atomic E-state index is 1.07. The summed E-state index contributed by atoms with van der Waals surface area (Å²) in [5.74, 6) is 1.35. The molecule has 0 atom stereocenters. The molecule has 2 heteroatoms. The van der Waals surface area contributed by atoms with E-state index < -0.39 is 0 Å². The van der Waals surface area contributed by atoms with E-state index >= 15 is 0 Å². The Morgan fingerprint density at radius 2 is 2.13 bits per heavy atom. The number of hydrogen-bond acceptors (Lipinski definition) is 0. The lowest BCUT2D eigenvalue weighted by Crippen LogP contribution is -2.31. The zero-order valence-corrected chi connectivity index (χ0v) is 10.2. The van der Waals surface area contributed by atoms with Gasteiger partial charge in [0.15, 0.2) is 0 Å². The highest BCUT2D eigenvalue weighted by atomic mass is 15.1. The van der Waals surface area contributed by atoms with Crippen LogP contribution in [0.3, 0.4) is 0 Å². The van der Waals surface area contributed by atoms with Crippen molar-refractivity contribution in [3.8, 4) is 0 Å². The monoisotopic (exact) mass is 207 g/mol. The SMILES string of the molecule is CCCCCC=Cn1cc[n+](C)c1CC. The molecule has 0 aliphatic carbocycles. The number of rotatable bonds is 6. The van der Waals surface area contributed by atoms with Gasteiger partial charge in [0.2, 0.25) is 0 Å². The van der Waals surface area contributed by atoms with Crippen molar-refractivity contribution in [2.45, 2.75) is 46.0 Å². The smallest absolute Gasteiger partial charge is 0.237 e. The van der Waals surface area contributed by atoms with Gasteiger partial charge in [-0.2, -0.15) is 0 Å². The number of allylic oxidation sites excluding steroid dienone is 1. The van der Waals surface area contributed by atoms with E-state index in [-0.39, 0.29) is 0 Å². The summed E-state index contributed by atoms with van der Waals surface area (Å²) in [4.78, 5) is 0. The fourth-order valence-electron chi connectivity index (χ4n) is 1.79. The van der Waals surface area contributed by atoms with E-state index in [2.05, 4.69) is 54.7 Å². The van der Waals surface area contributed by atoms with E-state index in [4.69, 9.17) is 0 Å². The number of unbranched alkanes of at least 4 members (excludes halogenated alkanes) is 3. The number of aromatic nitrogens is 2. The highest BCUT2D eigenvalue weighted by Gasteiger charge is 2.08. The topological polar surface area (TPSA) is 8.81 Å². The average molecular weight is 207 g/mol. The molecule has 0 saturated carbocycles. The molecule has 0 aromatic carbocycles. The summed E-state index contributed by atoms with van der Waals surface area (Å²) in [6.07, 6.45) is 14.9. The van der Waals surface area contributed by atoms with Gasteiger partial charge in [-0.25, -0.2) is 9.13 Å². The van der Waals surface area contributed by atoms with Crippen molar-refractivity contribution in [1.82, 2.24) is 4.57 Å². The quantitative estimate of drug-likeness (QED) is 0.501. The first kappa shape index (κ1) is 12.0. The Hall–Kier alpha value is -1.05. The van der Waals surface area contributed by atoms with Gasteiger partial charge >= 0.3 is 0 Å². The molecule has 84 valence electrons. The van der Waals surface area contributed by atoms with Crippen LogP contribution in [0.4, 0.5) is 0 Å². The second kappa shape index (κ2) is 6.44. The molecule has 0 N–H and O–H groups in total. The van der Waals surface area contributed by atoms with E-state index in [1.165, 1.54) is 31.5 Å². The normalized spacial score (nSPS) is 11.4. The molecule has 0 aliphatic rings. The summed E-state index contributed by atoms with van der Waals surface area (Å²) in [6.45, 7) is 4.43. The van der Waals surface area contributed by atoms with Gasteiger partial charge in [-0.1, -0.05) is 26.7 Å². The number of imidazole rings is 1. The second-order valence-corrected chi connectivity index (χ2v) is 3.97. The lowest BCUT2D eigenvalue weighted by Gasteiger charge is -1.94. The molecule has 0 unspecified atom stereocenters. The number of hydrogen-bond donors (Lipinski definition) is 0. The van der Waals surface area contributed by atoms with Crippen molar-refractivity contribution < 1.29 is 4.57 Å². The maximum absolute atomic E-state index is 2.27. The molecule has 0 fully saturated rings. The van der Waals surface area contributed by atoms with E-state index in [1.54, 1.807) is 0 Å². The Labute approximate surface area is 93.2 Å². The molecular formula is C13H23N2+. The van der Waals surface area contributed by atoms with Crippen molar-refractivity contribution in [3.63, 3.8) is 0 Å². The Morgan fingerprint density at radius 1 is 1.33 bits per heavy atom. The van der Waals surface area contributed by atoms with Crippen LogP contribution in [0.1, 0.15) is 45.4 Å². The van der Waals surface area contributed by atoms with Crippen molar-refractivity contribution in [3.05, 3.63) is 24.3 Å². The third kappa shape index (κ3) is 3.54. The molecule has 0 bridgehead atoms. The fourth-order valence-corrected chi connectivity index (χ4v) is 1.79. The molecule has 0 amide bonds. The largest absolute Gasteiger partial charge is 0.260 e. The Morgan fingerprint density at radius 3 is 2.80 bits per heavy atom. The van der Waals surface area contributed by atoms with Crippen molar-refractivity contribution in [1.29, 1.82) is 0 Å². The van der Waals surface area contributed by atoms with Crippen LogP contribution in [0, 0.1) is 0 Å². The predicted octanol–water partition coefficient (Wildman–Crippen LogP) is 2.93. The maximum atomic E-state index is 2.27. The first-order chi connectivity index (χ1) is 7.29. The van der Waals surface area contributed by atoms with Crippen molar-refractivity contribution >= 4 is 6.20 Å². The average Bonchev–Trinajstić information content (AvgIpc) is 2.59. The van der Waals surface area contributed by atoms with Crippen LogP contribution >= 0.6 is 0 Å². The zero-order chi connectivity index (χ0) is 11.1. The summed E-state index contributed by atoms with van der Waals surface area (Å²) < 4.78 is 4.39. The fraction of sp³-hybridized carbons (Fsp3) is 0.615. The first-order valence-electron chi connectivity index (χ1n) is 6.01. The van der Waals surface area contributed by atoms with Gasteiger partial charge in [0.1, 0.15) is 12.4 Å². The molecule has 1 aromatic rings. The van der Waals surface area contributed by atoms with Crippen molar-refractivity contribution in [2.75, 3.05) is 0 Å². The lowest BCUT2D eigenvalue weighted by atomic mass is 10.2. The molecule has 0 aliphatic heterocycles. The third-order valence-electron chi connectivity index (χ3n) is 2.71. The number of aryl methyl sites for hydroxylation is 1. The van der Waals surface area contributed by atoms with Crippen LogP contribution in [0.25, 0.3) is 6.20 Å². The standard InChI is InChI=1S/C13H23N2/c1-4-6-7-8-9-10-15-12-11-14(3)13(15)5-2/h9-12H,4-8H2,1-3H3/q+1. The van der Waals surface area contributed by atoms with Gasteiger partial charge in [-0.05, 0) is 18.9 Å². The lowest BCUT2D eigenvalue weighted by molar-refractivity contribution is -0.678. The Balaban J connectivity index is 2.49. The van der Waals surface area contributed by atoms with Gasteiger partial charge in [-0.3, -0.25) is 0 Å². The van der Waals surface area contributed by atoms with Gasteiger partial charge in [0.25, 0.3) is 5.82 Å².